The van der Waals surface area contributed by atoms with Crippen LogP contribution in [-0.2, 0) is 4.74 Å². The molecule has 0 radical (unpaired) electrons. The van der Waals surface area contributed by atoms with Gasteiger partial charge < -0.3 is 10.5 Å². The lowest BCUT2D eigenvalue weighted by Crippen LogP contribution is -2.30. The van der Waals surface area contributed by atoms with Crippen molar-refractivity contribution in [3.63, 3.8) is 0 Å². The highest BCUT2D eigenvalue weighted by Crippen LogP contribution is 2.40. The second kappa shape index (κ2) is 4.92. The minimum atomic E-state index is -0.205. The Morgan fingerprint density at radius 2 is 2.06 bits per heavy atom. The lowest BCUT2D eigenvalue weighted by Gasteiger charge is -2.23. The fraction of sp³-hybridized carbons (Fsp3) is 0.500. The molecule has 0 amide bonds. The molecule has 88 valence electrons. The maximum Gasteiger partial charge on any atom is 0.0792 e. The number of hydrogen-bond donors (Lipinski definition) is 1. The van der Waals surface area contributed by atoms with E-state index in [-0.39, 0.29) is 12.1 Å². The zero-order valence-corrected chi connectivity index (χ0v) is 10.6. The number of nitrogens with two attached hydrogens (primary N) is 1. The molecule has 0 spiro atoms. The van der Waals surface area contributed by atoms with Crippen molar-refractivity contribution in [1.82, 2.24) is 0 Å². The van der Waals surface area contributed by atoms with Crippen LogP contribution < -0.4 is 5.73 Å². The van der Waals surface area contributed by atoms with Gasteiger partial charge in [0.25, 0.3) is 0 Å². The number of methoxy groups -OCH3 is 1. The van der Waals surface area contributed by atoms with Crippen LogP contribution in [0.2, 0.25) is 10.0 Å². The molecule has 0 bridgehead atoms. The van der Waals surface area contributed by atoms with Gasteiger partial charge in [0.1, 0.15) is 0 Å². The fourth-order valence-electron chi connectivity index (χ4n) is 2.00. The van der Waals surface area contributed by atoms with Gasteiger partial charge in [-0.25, -0.2) is 0 Å². The van der Waals surface area contributed by atoms with Crippen LogP contribution in [-0.4, -0.2) is 13.2 Å². The number of benzene rings is 1. The van der Waals surface area contributed by atoms with Crippen LogP contribution in [0.3, 0.4) is 0 Å². The fourth-order valence-corrected chi connectivity index (χ4v) is 2.43. The largest absolute Gasteiger partial charge is 0.379 e. The van der Waals surface area contributed by atoms with Crippen LogP contribution in [0, 0.1) is 5.92 Å². The van der Waals surface area contributed by atoms with Gasteiger partial charge in [-0.1, -0.05) is 23.2 Å². The molecule has 1 aromatic rings. The molecule has 1 saturated carbocycles. The number of hydrogen-bond acceptors (Lipinski definition) is 2. The summed E-state index contributed by atoms with van der Waals surface area (Å²) in [6.07, 6.45) is 2.41. The Labute approximate surface area is 106 Å². The molecule has 1 aliphatic carbocycles. The molecule has 2 nitrogen and oxygen atoms in total. The van der Waals surface area contributed by atoms with Crippen molar-refractivity contribution < 1.29 is 4.74 Å². The van der Waals surface area contributed by atoms with Crippen molar-refractivity contribution in [3.05, 3.63) is 33.8 Å². The van der Waals surface area contributed by atoms with Gasteiger partial charge in [0.05, 0.1) is 12.1 Å². The quantitative estimate of drug-likeness (QED) is 0.900. The molecule has 4 heteroatoms. The van der Waals surface area contributed by atoms with Crippen LogP contribution in [0.25, 0.3) is 0 Å². The first-order chi connectivity index (χ1) is 7.63. The Morgan fingerprint density at radius 3 is 2.62 bits per heavy atom. The lowest BCUT2D eigenvalue weighted by atomic mass is 9.99. The summed E-state index contributed by atoms with van der Waals surface area (Å²) in [6, 6.07) is 5.16. The molecule has 0 saturated heterocycles. The van der Waals surface area contributed by atoms with E-state index in [1.165, 1.54) is 12.8 Å². The molecule has 2 unspecified atom stereocenters. The summed E-state index contributed by atoms with van der Waals surface area (Å²) in [5.41, 5.74) is 7.06. The predicted molar refractivity (Wildman–Crippen MR) is 66.9 cm³/mol. The summed E-state index contributed by atoms with van der Waals surface area (Å²) in [5, 5.41) is 1.31. The third-order valence-corrected chi connectivity index (χ3v) is 3.61. The van der Waals surface area contributed by atoms with Crippen LogP contribution >= 0.6 is 23.2 Å². The van der Waals surface area contributed by atoms with E-state index in [1.807, 2.05) is 6.07 Å². The molecule has 2 atom stereocenters. The third-order valence-electron chi connectivity index (χ3n) is 3.03. The molecule has 1 aliphatic rings. The van der Waals surface area contributed by atoms with Crippen LogP contribution in [0.4, 0.5) is 0 Å². The molecule has 2 N–H and O–H groups in total. The first kappa shape index (κ1) is 12.2. The molecule has 16 heavy (non-hydrogen) atoms. The Balaban J connectivity index is 2.24. The molecule has 1 aromatic carbocycles. The van der Waals surface area contributed by atoms with E-state index in [2.05, 4.69) is 0 Å². The Bertz CT molecular complexity index is 379. The normalized spacial score (nSPS) is 19.5. The van der Waals surface area contributed by atoms with Crippen molar-refractivity contribution in [2.24, 2.45) is 11.7 Å². The van der Waals surface area contributed by atoms with Crippen LogP contribution in [0.1, 0.15) is 24.4 Å². The summed E-state index contributed by atoms with van der Waals surface area (Å²) in [5.74, 6) is 0.565. The minimum absolute atomic E-state index is 0.0379. The van der Waals surface area contributed by atoms with Crippen molar-refractivity contribution in [1.29, 1.82) is 0 Å². The first-order valence-electron chi connectivity index (χ1n) is 5.37. The van der Waals surface area contributed by atoms with E-state index in [1.54, 1.807) is 19.2 Å². The standard InChI is InChI=1S/C12H15Cl2NO/c1-16-12(7-2-3-7)11(15)9-6-8(13)4-5-10(9)14/h4-7,11-12H,2-3,15H2,1H3. The Hall–Kier alpha value is -0.280. The van der Waals surface area contributed by atoms with E-state index in [4.69, 9.17) is 33.7 Å². The third kappa shape index (κ3) is 2.51. The number of rotatable bonds is 4. The van der Waals surface area contributed by atoms with Gasteiger partial charge in [-0.3, -0.25) is 0 Å². The van der Waals surface area contributed by atoms with Gasteiger partial charge in [-0.2, -0.15) is 0 Å². The van der Waals surface area contributed by atoms with Crippen LogP contribution in [0.5, 0.6) is 0 Å². The lowest BCUT2D eigenvalue weighted by molar-refractivity contribution is 0.0624. The zero-order chi connectivity index (χ0) is 11.7. The Kier molecular flexibility index (Phi) is 3.75. The van der Waals surface area contributed by atoms with E-state index < -0.39 is 0 Å². The topological polar surface area (TPSA) is 35.2 Å². The highest BCUT2D eigenvalue weighted by atomic mass is 35.5. The van der Waals surface area contributed by atoms with E-state index in [0.29, 0.717) is 16.0 Å². The average molecular weight is 260 g/mol. The SMILES string of the molecule is COC(C1CC1)C(N)c1cc(Cl)ccc1Cl. The number of ether oxygens (including phenoxy) is 1. The monoisotopic (exact) mass is 259 g/mol. The average Bonchev–Trinajstić information content (AvgIpc) is 3.07. The zero-order valence-electron chi connectivity index (χ0n) is 9.12. The molecule has 0 aromatic heterocycles. The molecule has 0 heterocycles. The summed E-state index contributed by atoms with van der Waals surface area (Å²) in [7, 11) is 1.70. The van der Waals surface area contributed by atoms with Crippen LogP contribution in [0.15, 0.2) is 18.2 Å². The van der Waals surface area contributed by atoms with Gasteiger partial charge in [0.15, 0.2) is 0 Å². The van der Waals surface area contributed by atoms with E-state index in [9.17, 15) is 0 Å². The maximum atomic E-state index is 6.19. The van der Waals surface area contributed by atoms with Crippen molar-refractivity contribution in [2.75, 3.05) is 7.11 Å². The smallest absolute Gasteiger partial charge is 0.0792 e. The molecule has 2 rings (SSSR count). The summed E-state index contributed by atoms with van der Waals surface area (Å²) in [4.78, 5) is 0. The molecular weight excluding hydrogens is 245 g/mol. The van der Waals surface area contributed by atoms with Crippen molar-refractivity contribution in [2.45, 2.75) is 25.0 Å². The van der Waals surface area contributed by atoms with E-state index in [0.717, 1.165) is 5.56 Å². The van der Waals surface area contributed by atoms with Gasteiger partial charge in [0.2, 0.25) is 0 Å². The maximum absolute atomic E-state index is 6.19. The van der Waals surface area contributed by atoms with Gasteiger partial charge in [-0.15, -0.1) is 0 Å². The highest BCUT2D eigenvalue weighted by molar-refractivity contribution is 6.33. The summed E-state index contributed by atoms with van der Waals surface area (Å²) >= 11 is 12.1. The minimum Gasteiger partial charge on any atom is -0.379 e. The first-order valence-corrected chi connectivity index (χ1v) is 6.12. The summed E-state index contributed by atoms with van der Waals surface area (Å²) < 4.78 is 5.46. The predicted octanol–water partition coefficient (Wildman–Crippen LogP) is 3.42. The molecular formula is C12H15Cl2NO. The van der Waals surface area contributed by atoms with Gasteiger partial charge >= 0.3 is 0 Å². The van der Waals surface area contributed by atoms with Gasteiger partial charge in [-0.05, 0) is 42.5 Å². The van der Waals surface area contributed by atoms with Gasteiger partial charge in [0, 0.05) is 17.2 Å². The highest BCUT2D eigenvalue weighted by Gasteiger charge is 2.36. The molecule has 1 fully saturated rings. The second-order valence-corrected chi connectivity index (χ2v) is 5.07. The van der Waals surface area contributed by atoms with Crippen molar-refractivity contribution >= 4 is 23.2 Å². The van der Waals surface area contributed by atoms with Crippen molar-refractivity contribution in [3.8, 4) is 0 Å². The summed E-state index contributed by atoms with van der Waals surface area (Å²) in [6.45, 7) is 0. The Morgan fingerprint density at radius 1 is 1.38 bits per heavy atom. The molecule has 0 aliphatic heterocycles. The van der Waals surface area contributed by atoms with E-state index >= 15 is 0 Å². The number of halogens is 2. The second-order valence-electron chi connectivity index (χ2n) is 4.23.